The van der Waals surface area contributed by atoms with E-state index in [0.29, 0.717) is 16.4 Å². The highest BCUT2D eigenvalue weighted by Gasteiger charge is 2.33. The van der Waals surface area contributed by atoms with E-state index in [9.17, 15) is 14.9 Å². The predicted octanol–water partition coefficient (Wildman–Crippen LogP) is 3.76. The van der Waals surface area contributed by atoms with Crippen molar-refractivity contribution in [3.8, 4) is 6.07 Å². The summed E-state index contributed by atoms with van der Waals surface area (Å²) in [5.41, 5.74) is 3.07. The largest absolute Gasteiger partial charge is 0.321 e. The third-order valence-corrected chi connectivity index (χ3v) is 5.14. The lowest BCUT2D eigenvalue weighted by atomic mass is 10.1. The molecule has 6 heteroatoms. The van der Waals surface area contributed by atoms with Gasteiger partial charge in [-0.25, -0.2) is 0 Å². The number of thioether (sulfide) groups is 1. The van der Waals surface area contributed by atoms with Crippen molar-refractivity contribution in [2.24, 2.45) is 0 Å². The van der Waals surface area contributed by atoms with Crippen LogP contribution >= 0.6 is 11.8 Å². The lowest BCUT2D eigenvalue weighted by Gasteiger charge is -2.20. The number of hydrogen-bond donors (Lipinski definition) is 1. The topological polar surface area (TPSA) is 73.2 Å². The molecule has 0 unspecified atom stereocenters. The molecule has 1 heterocycles. The molecule has 2 amide bonds. The predicted molar refractivity (Wildman–Crippen MR) is 104 cm³/mol. The normalized spacial score (nSPS) is 15.6. The molecule has 0 atom stereocenters. The number of carbonyl (C=O) groups excluding carboxylic acids is 2. The first kappa shape index (κ1) is 17.8. The summed E-state index contributed by atoms with van der Waals surface area (Å²) in [5, 5.41) is 12.7. The van der Waals surface area contributed by atoms with E-state index in [-0.39, 0.29) is 17.2 Å². The maximum atomic E-state index is 12.7. The maximum absolute atomic E-state index is 12.7. The Hall–Kier alpha value is -3.04. The van der Waals surface area contributed by atoms with E-state index in [1.54, 1.807) is 6.07 Å². The van der Waals surface area contributed by atoms with Crippen LogP contribution in [0.4, 0.5) is 11.4 Å². The van der Waals surface area contributed by atoms with Gasteiger partial charge in [-0.1, -0.05) is 48.2 Å². The Labute approximate surface area is 156 Å². The minimum absolute atomic E-state index is 0.0626. The van der Waals surface area contributed by atoms with Crippen LogP contribution in [0.2, 0.25) is 0 Å². The van der Waals surface area contributed by atoms with E-state index in [4.69, 9.17) is 0 Å². The van der Waals surface area contributed by atoms with Gasteiger partial charge in [0.05, 0.1) is 11.4 Å². The molecule has 26 heavy (non-hydrogen) atoms. The van der Waals surface area contributed by atoms with E-state index in [1.165, 1.54) is 16.7 Å². The van der Waals surface area contributed by atoms with Gasteiger partial charge in [0, 0.05) is 5.69 Å². The molecule has 2 aromatic carbocycles. The van der Waals surface area contributed by atoms with Crippen LogP contribution in [0.15, 0.2) is 59.1 Å². The number of amides is 2. The molecule has 0 bridgehead atoms. The van der Waals surface area contributed by atoms with Crippen molar-refractivity contribution < 1.29 is 9.59 Å². The summed E-state index contributed by atoms with van der Waals surface area (Å²) < 4.78 is 0. The molecular weight excluding hydrogens is 346 g/mol. The SMILES string of the molecule is Cc1ccccc1NC(=O)C(C#N)=C1SCC(=O)N1c1ccccc1C. The highest BCUT2D eigenvalue weighted by Crippen LogP contribution is 2.37. The van der Waals surface area contributed by atoms with Crippen molar-refractivity contribution in [2.75, 3.05) is 16.0 Å². The molecule has 1 saturated heterocycles. The average Bonchev–Trinajstić information content (AvgIpc) is 2.99. The molecule has 3 rings (SSSR count). The quantitative estimate of drug-likeness (QED) is 0.666. The van der Waals surface area contributed by atoms with Gasteiger partial charge in [-0.3, -0.25) is 14.5 Å². The van der Waals surface area contributed by atoms with Gasteiger partial charge in [0.15, 0.2) is 0 Å². The fourth-order valence-corrected chi connectivity index (χ4v) is 3.71. The molecule has 0 radical (unpaired) electrons. The Bertz CT molecular complexity index is 960. The summed E-state index contributed by atoms with van der Waals surface area (Å²) >= 11 is 1.21. The first-order valence-electron chi connectivity index (χ1n) is 8.05. The lowest BCUT2D eigenvalue weighted by Crippen LogP contribution is -2.27. The van der Waals surface area contributed by atoms with E-state index in [2.05, 4.69) is 5.32 Å². The molecule has 1 fully saturated rings. The Kier molecular flexibility index (Phi) is 5.10. The highest BCUT2D eigenvalue weighted by atomic mass is 32.2. The molecule has 0 spiro atoms. The van der Waals surface area contributed by atoms with Gasteiger partial charge >= 0.3 is 0 Å². The van der Waals surface area contributed by atoms with Crippen LogP contribution in [0.3, 0.4) is 0 Å². The summed E-state index contributed by atoms with van der Waals surface area (Å²) in [6.07, 6.45) is 0. The fraction of sp³-hybridized carbons (Fsp3) is 0.150. The Morgan fingerprint density at radius 1 is 1.12 bits per heavy atom. The third kappa shape index (κ3) is 3.35. The van der Waals surface area contributed by atoms with Crippen LogP contribution in [-0.4, -0.2) is 17.6 Å². The average molecular weight is 363 g/mol. The van der Waals surface area contributed by atoms with Gasteiger partial charge in [-0.05, 0) is 37.1 Å². The summed E-state index contributed by atoms with van der Waals surface area (Å²) in [6.45, 7) is 3.77. The number of anilines is 2. The summed E-state index contributed by atoms with van der Waals surface area (Å²) in [5.74, 6) is -0.458. The Morgan fingerprint density at radius 3 is 2.42 bits per heavy atom. The van der Waals surface area contributed by atoms with Gasteiger partial charge in [0.2, 0.25) is 5.91 Å². The van der Waals surface area contributed by atoms with Crippen LogP contribution in [-0.2, 0) is 9.59 Å². The second-order valence-electron chi connectivity index (χ2n) is 5.87. The van der Waals surface area contributed by atoms with Crippen LogP contribution in [0, 0.1) is 25.2 Å². The zero-order valence-electron chi connectivity index (χ0n) is 14.4. The molecule has 0 saturated carbocycles. The van der Waals surface area contributed by atoms with E-state index >= 15 is 0 Å². The summed E-state index contributed by atoms with van der Waals surface area (Å²) in [6, 6.07) is 16.7. The smallest absolute Gasteiger partial charge is 0.269 e. The molecule has 0 aromatic heterocycles. The van der Waals surface area contributed by atoms with Crippen LogP contribution in [0.5, 0.6) is 0 Å². The first-order chi connectivity index (χ1) is 12.5. The number of aryl methyl sites for hydroxylation is 2. The lowest BCUT2D eigenvalue weighted by molar-refractivity contribution is -0.115. The Balaban J connectivity index is 2.01. The van der Waals surface area contributed by atoms with Crippen molar-refractivity contribution >= 4 is 35.0 Å². The zero-order valence-corrected chi connectivity index (χ0v) is 15.3. The number of carbonyl (C=O) groups is 2. The van der Waals surface area contributed by atoms with Gasteiger partial charge in [-0.2, -0.15) is 5.26 Å². The van der Waals surface area contributed by atoms with Crippen LogP contribution in [0.25, 0.3) is 0 Å². The van der Waals surface area contributed by atoms with Crippen molar-refractivity contribution in [3.63, 3.8) is 0 Å². The molecule has 1 aliphatic heterocycles. The second kappa shape index (κ2) is 7.46. The number of nitrogens with zero attached hydrogens (tertiary/aromatic N) is 2. The summed E-state index contributed by atoms with van der Waals surface area (Å²) in [7, 11) is 0. The van der Waals surface area contributed by atoms with E-state index in [0.717, 1.165) is 11.1 Å². The van der Waals surface area contributed by atoms with Crippen LogP contribution in [0.1, 0.15) is 11.1 Å². The molecule has 5 nitrogen and oxygen atoms in total. The van der Waals surface area contributed by atoms with Gasteiger partial charge in [-0.15, -0.1) is 0 Å². The zero-order chi connectivity index (χ0) is 18.7. The number of benzene rings is 2. The molecule has 1 aliphatic rings. The fourth-order valence-electron chi connectivity index (χ4n) is 2.71. The van der Waals surface area contributed by atoms with Crippen molar-refractivity contribution in [2.45, 2.75) is 13.8 Å². The number of nitrogens with one attached hydrogen (secondary N) is 1. The van der Waals surface area contributed by atoms with Gasteiger partial charge in [0.25, 0.3) is 5.91 Å². The molecule has 1 N–H and O–H groups in total. The van der Waals surface area contributed by atoms with E-state index < -0.39 is 5.91 Å². The minimum Gasteiger partial charge on any atom is -0.321 e. The highest BCUT2D eigenvalue weighted by molar-refractivity contribution is 8.04. The van der Waals surface area contributed by atoms with Gasteiger partial charge in [0.1, 0.15) is 16.7 Å². The number of rotatable bonds is 3. The van der Waals surface area contributed by atoms with Crippen molar-refractivity contribution in [1.29, 1.82) is 5.26 Å². The molecule has 0 aliphatic carbocycles. The van der Waals surface area contributed by atoms with Crippen molar-refractivity contribution in [1.82, 2.24) is 0 Å². The minimum atomic E-state index is -0.516. The molecular formula is C20H17N3O2S. The van der Waals surface area contributed by atoms with Crippen molar-refractivity contribution in [3.05, 3.63) is 70.3 Å². The standard InChI is InChI=1S/C20H17N3O2S/c1-13-7-3-5-9-16(13)22-19(25)15(11-21)20-23(18(24)12-26-20)17-10-6-4-8-14(17)2/h3-10H,12H2,1-2H3,(H,22,25). The molecule has 2 aromatic rings. The number of hydrogen-bond acceptors (Lipinski definition) is 4. The van der Waals surface area contributed by atoms with Gasteiger partial charge < -0.3 is 5.32 Å². The number of nitriles is 1. The first-order valence-corrected chi connectivity index (χ1v) is 9.04. The monoisotopic (exact) mass is 363 g/mol. The third-order valence-electron chi connectivity index (χ3n) is 4.09. The second-order valence-corrected chi connectivity index (χ2v) is 6.83. The van der Waals surface area contributed by atoms with Crippen LogP contribution < -0.4 is 10.2 Å². The Morgan fingerprint density at radius 2 is 1.77 bits per heavy atom. The molecule has 130 valence electrons. The number of para-hydroxylation sites is 2. The van der Waals surface area contributed by atoms with E-state index in [1.807, 2.05) is 62.4 Å². The maximum Gasteiger partial charge on any atom is 0.269 e. The summed E-state index contributed by atoms with van der Waals surface area (Å²) in [4.78, 5) is 26.6.